The van der Waals surface area contributed by atoms with Crippen molar-refractivity contribution in [3.05, 3.63) is 53.6 Å². The molecule has 0 aliphatic heterocycles. The van der Waals surface area contributed by atoms with Crippen molar-refractivity contribution in [3.8, 4) is 11.5 Å². The third kappa shape index (κ3) is 8.10. The van der Waals surface area contributed by atoms with Gasteiger partial charge in [0.25, 0.3) is 5.91 Å². The van der Waals surface area contributed by atoms with Crippen LogP contribution in [-0.2, 0) is 14.4 Å². The highest BCUT2D eigenvalue weighted by molar-refractivity contribution is 6.35. The first-order chi connectivity index (χ1) is 15.3. The normalized spacial score (nSPS) is 10.7. The molecule has 0 heterocycles. The van der Waals surface area contributed by atoms with Crippen LogP contribution in [0.1, 0.15) is 31.9 Å². The lowest BCUT2D eigenvalue weighted by Gasteiger charge is -2.12. The second kappa shape index (κ2) is 12.1. The van der Waals surface area contributed by atoms with Gasteiger partial charge >= 0.3 is 11.8 Å². The molecule has 32 heavy (non-hydrogen) atoms. The van der Waals surface area contributed by atoms with E-state index >= 15 is 0 Å². The molecule has 0 radical (unpaired) electrons. The second-order valence-corrected chi connectivity index (χ2v) is 7.17. The van der Waals surface area contributed by atoms with E-state index in [0.717, 1.165) is 5.56 Å². The molecule has 170 valence electrons. The number of nitrogens with one attached hydrogen (secondary N) is 3. The van der Waals surface area contributed by atoms with Gasteiger partial charge in [0.2, 0.25) is 0 Å². The first-order valence-corrected chi connectivity index (χ1v) is 10.2. The number of carbonyl (C=O) groups is 3. The third-order valence-electron chi connectivity index (χ3n) is 3.97. The molecule has 3 amide bonds. The van der Waals surface area contributed by atoms with Crippen molar-refractivity contribution in [2.45, 2.75) is 33.7 Å². The van der Waals surface area contributed by atoms with E-state index in [1.165, 1.54) is 6.21 Å². The SMILES string of the molecule is CCOc1cc(/C=N\NC(=O)C(=O)NC(C)C)ccc1OCC(=O)Nc1ccc(C)cc1. The molecule has 2 aromatic carbocycles. The van der Waals surface area contributed by atoms with E-state index < -0.39 is 11.8 Å². The molecular formula is C23H28N4O5. The van der Waals surface area contributed by atoms with Gasteiger partial charge in [0.15, 0.2) is 18.1 Å². The Hall–Kier alpha value is -3.88. The minimum Gasteiger partial charge on any atom is -0.490 e. The van der Waals surface area contributed by atoms with Gasteiger partial charge in [-0.15, -0.1) is 0 Å². The summed E-state index contributed by atoms with van der Waals surface area (Å²) < 4.78 is 11.2. The summed E-state index contributed by atoms with van der Waals surface area (Å²) in [6, 6.07) is 12.3. The number of anilines is 1. The molecule has 0 spiro atoms. The van der Waals surface area contributed by atoms with E-state index in [4.69, 9.17) is 9.47 Å². The Kier molecular flexibility index (Phi) is 9.22. The van der Waals surface area contributed by atoms with Crippen molar-refractivity contribution < 1.29 is 23.9 Å². The average molecular weight is 441 g/mol. The molecule has 0 aliphatic rings. The number of nitrogens with zero attached hydrogens (tertiary/aromatic N) is 1. The van der Waals surface area contributed by atoms with Gasteiger partial charge in [-0.25, -0.2) is 5.43 Å². The number of benzene rings is 2. The van der Waals surface area contributed by atoms with Crippen molar-refractivity contribution in [2.24, 2.45) is 5.10 Å². The van der Waals surface area contributed by atoms with Crippen LogP contribution in [-0.4, -0.2) is 43.2 Å². The number of amides is 3. The van der Waals surface area contributed by atoms with Crippen molar-refractivity contribution in [2.75, 3.05) is 18.5 Å². The molecule has 3 N–H and O–H groups in total. The fourth-order valence-corrected chi connectivity index (χ4v) is 2.51. The van der Waals surface area contributed by atoms with Gasteiger partial charge in [0.1, 0.15) is 0 Å². The first-order valence-electron chi connectivity index (χ1n) is 10.2. The first kappa shape index (κ1) is 24.4. The van der Waals surface area contributed by atoms with Crippen molar-refractivity contribution in [3.63, 3.8) is 0 Å². The molecule has 0 saturated heterocycles. The zero-order chi connectivity index (χ0) is 23.5. The third-order valence-corrected chi connectivity index (χ3v) is 3.97. The van der Waals surface area contributed by atoms with Crippen molar-refractivity contribution in [1.29, 1.82) is 0 Å². The molecule has 0 atom stereocenters. The molecule has 2 rings (SSSR count). The highest BCUT2D eigenvalue weighted by Crippen LogP contribution is 2.28. The van der Waals surface area contributed by atoms with Gasteiger partial charge in [0.05, 0.1) is 12.8 Å². The van der Waals surface area contributed by atoms with E-state index in [1.54, 1.807) is 32.0 Å². The number of hydrazone groups is 1. The van der Waals surface area contributed by atoms with E-state index in [-0.39, 0.29) is 18.6 Å². The lowest BCUT2D eigenvalue weighted by molar-refractivity contribution is -0.139. The summed E-state index contributed by atoms with van der Waals surface area (Å²) in [5, 5.41) is 9.02. The zero-order valence-corrected chi connectivity index (χ0v) is 18.6. The quantitative estimate of drug-likeness (QED) is 0.314. The predicted molar refractivity (Wildman–Crippen MR) is 122 cm³/mol. The highest BCUT2D eigenvalue weighted by Gasteiger charge is 2.13. The number of hydrogen-bond acceptors (Lipinski definition) is 6. The van der Waals surface area contributed by atoms with Crippen LogP contribution in [0.3, 0.4) is 0 Å². The Morgan fingerprint density at radius 1 is 1.00 bits per heavy atom. The van der Waals surface area contributed by atoms with Gasteiger partial charge in [0, 0.05) is 11.7 Å². The molecule has 2 aromatic rings. The smallest absolute Gasteiger partial charge is 0.329 e. The van der Waals surface area contributed by atoms with Crippen LogP contribution in [0.15, 0.2) is 47.6 Å². The van der Waals surface area contributed by atoms with Gasteiger partial charge in [-0.1, -0.05) is 17.7 Å². The summed E-state index contributed by atoms with van der Waals surface area (Å²) in [4.78, 5) is 35.4. The zero-order valence-electron chi connectivity index (χ0n) is 18.6. The van der Waals surface area contributed by atoms with E-state index in [1.807, 2.05) is 38.1 Å². The van der Waals surface area contributed by atoms with Gasteiger partial charge < -0.3 is 20.1 Å². The summed E-state index contributed by atoms with van der Waals surface area (Å²) in [7, 11) is 0. The number of aryl methyl sites for hydroxylation is 1. The van der Waals surface area contributed by atoms with Crippen LogP contribution >= 0.6 is 0 Å². The van der Waals surface area contributed by atoms with Crippen LogP contribution in [0, 0.1) is 6.92 Å². The maximum atomic E-state index is 12.2. The lowest BCUT2D eigenvalue weighted by Crippen LogP contribution is -2.41. The summed E-state index contributed by atoms with van der Waals surface area (Å²) in [6.07, 6.45) is 1.37. The number of ether oxygens (including phenoxy) is 2. The fourth-order valence-electron chi connectivity index (χ4n) is 2.51. The summed E-state index contributed by atoms with van der Waals surface area (Å²) in [5.41, 5.74) is 4.55. The van der Waals surface area contributed by atoms with E-state index in [0.29, 0.717) is 29.4 Å². The minimum atomic E-state index is -0.862. The Balaban J connectivity index is 1.96. The van der Waals surface area contributed by atoms with Gasteiger partial charge in [-0.2, -0.15) is 5.10 Å². The topological polar surface area (TPSA) is 118 Å². The summed E-state index contributed by atoms with van der Waals surface area (Å²) in [6.45, 7) is 7.48. The monoisotopic (exact) mass is 440 g/mol. The molecule has 0 aliphatic carbocycles. The summed E-state index contributed by atoms with van der Waals surface area (Å²) >= 11 is 0. The molecule has 0 bridgehead atoms. The maximum absolute atomic E-state index is 12.2. The van der Waals surface area contributed by atoms with E-state index in [9.17, 15) is 14.4 Å². The Morgan fingerprint density at radius 3 is 2.38 bits per heavy atom. The number of rotatable bonds is 9. The summed E-state index contributed by atoms with van der Waals surface area (Å²) in [5.74, 6) is -1.12. The van der Waals surface area contributed by atoms with Crippen LogP contribution in [0.2, 0.25) is 0 Å². The predicted octanol–water partition coefficient (Wildman–Crippen LogP) is 2.39. The van der Waals surface area contributed by atoms with Crippen molar-refractivity contribution in [1.82, 2.24) is 10.7 Å². The minimum absolute atomic E-state index is 0.155. The molecular weight excluding hydrogens is 412 g/mol. The largest absolute Gasteiger partial charge is 0.490 e. The van der Waals surface area contributed by atoms with Crippen LogP contribution in [0.5, 0.6) is 11.5 Å². The van der Waals surface area contributed by atoms with Gasteiger partial charge in [-0.05, 0) is 63.6 Å². The van der Waals surface area contributed by atoms with Crippen LogP contribution < -0.4 is 25.5 Å². The second-order valence-electron chi connectivity index (χ2n) is 7.17. The molecule has 9 heteroatoms. The molecule has 0 saturated carbocycles. The number of hydrogen-bond donors (Lipinski definition) is 3. The number of carbonyl (C=O) groups excluding carboxylic acids is 3. The Labute approximate surface area is 187 Å². The van der Waals surface area contributed by atoms with Gasteiger partial charge in [-0.3, -0.25) is 14.4 Å². The molecule has 0 aromatic heterocycles. The van der Waals surface area contributed by atoms with Crippen LogP contribution in [0.4, 0.5) is 5.69 Å². The molecule has 0 fully saturated rings. The average Bonchev–Trinajstić information content (AvgIpc) is 2.74. The Bertz CT molecular complexity index is 971. The molecule has 0 unspecified atom stereocenters. The van der Waals surface area contributed by atoms with Crippen LogP contribution in [0.25, 0.3) is 0 Å². The Morgan fingerprint density at radius 2 is 1.72 bits per heavy atom. The highest BCUT2D eigenvalue weighted by atomic mass is 16.5. The lowest BCUT2D eigenvalue weighted by atomic mass is 10.2. The van der Waals surface area contributed by atoms with Crippen molar-refractivity contribution >= 4 is 29.6 Å². The standard InChI is InChI=1S/C23H28N4O5/c1-5-31-20-12-17(13-24-27-23(30)22(29)25-15(2)3)8-11-19(20)32-14-21(28)26-18-9-6-16(4)7-10-18/h6-13,15H,5,14H2,1-4H3,(H,25,29)(H,26,28)(H,27,30)/b24-13-. The molecule has 9 nitrogen and oxygen atoms in total. The maximum Gasteiger partial charge on any atom is 0.329 e. The fraction of sp³-hybridized carbons (Fsp3) is 0.304. The van der Waals surface area contributed by atoms with E-state index in [2.05, 4.69) is 21.2 Å².